The van der Waals surface area contributed by atoms with Crippen molar-refractivity contribution in [3.63, 3.8) is 0 Å². The molecule has 0 saturated carbocycles. The van der Waals surface area contributed by atoms with Crippen molar-refractivity contribution in [2.75, 3.05) is 11.4 Å². The van der Waals surface area contributed by atoms with Gasteiger partial charge >= 0.3 is 5.97 Å². The second-order valence-electron chi connectivity index (χ2n) is 7.92. The van der Waals surface area contributed by atoms with E-state index in [9.17, 15) is 14.0 Å². The Kier molecular flexibility index (Phi) is 6.16. The molecular weight excluding hydrogens is 369 g/mol. The van der Waals surface area contributed by atoms with Crippen molar-refractivity contribution in [3.05, 3.63) is 70.5 Å². The summed E-state index contributed by atoms with van der Waals surface area (Å²) >= 11 is 0. The molecule has 29 heavy (non-hydrogen) atoms. The van der Waals surface area contributed by atoms with E-state index in [1.54, 1.807) is 18.2 Å². The van der Waals surface area contributed by atoms with Gasteiger partial charge in [-0.1, -0.05) is 25.1 Å². The Bertz CT molecular complexity index is 943. The molecule has 2 atom stereocenters. The number of piperidine rings is 1. The Hall–Kier alpha value is -2.95. The first kappa shape index (κ1) is 20.8. The van der Waals surface area contributed by atoms with Gasteiger partial charge in [0.15, 0.2) is 0 Å². The normalized spacial score (nSPS) is 19.7. The number of aryl methyl sites for hydroxylation is 2. The summed E-state index contributed by atoms with van der Waals surface area (Å²) in [6.07, 6.45) is 3.99. The SMILES string of the molecule is Cc1cc(/C=C/C(=O)O)cc(C)c1N1C[C@@H](Cc2ccccc2F)C[C@@H](C)C1=O. The number of anilines is 1. The molecule has 0 spiro atoms. The maximum absolute atomic E-state index is 14.1. The summed E-state index contributed by atoms with van der Waals surface area (Å²) in [4.78, 5) is 25.6. The molecule has 1 saturated heterocycles. The van der Waals surface area contributed by atoms with Gasteiger partial charge in [0.2, 0.25) is 5.91 Å². The molecule has 1 N–H and O–H groups in total. The van der Waals surface area contributed by atoms with Crippen LogP contribution < -0.4 is 4.90 Å². The van der Waals surface area contributed by atoms with Gasteiger partial charge in [-0.2, -0.15) is 0 Å². The number of amides is 1. The average molecular weight is 395 g/mol. The van der Waals surface area contributed by atoms with Gasteiger partial charge in [-0.3, -0.25) is 4.79 Å². The van der Waals surface area contributed by atoms with Gasteiger partial charge in [-0.25, -0.2) is 9.18 Å². The third kappa shape index (κ3) is 4.73. The predicted molar refractivity (Wildman–Crippen MR) is 112 cm³/mol. The molecule has 0 bridgehead atoms. The van der Waals surface area contributed by atoms with Crippen LogP contribution in [-0.2, 0) is 16.0 Å². The number of hydrogen-bond acceptors (Lipinski definition) is 2. The van der Waals surface area contributed by atoms with Crippen LogP contribution in [0, 0.1) is 31.5 Å². The number of carbonyl (C=O) groups excluding carboxylic acids is 1. The lowest BCUT2D eigenvalue weighted by Crippen LogP contribution is -2.46. The van der Waals surface area contributed by atoms with Gasteiger partial charge in [-0.05, 0) is 79.1 Å². The second-order valence-corrected chi connectivity index (χ2v) is 7.92. The number of nitrogens with zero attached hydrogens (tertiary/aromatic N) is 1. The number of rotatable bonds is 5. The molecule has 2 aromatic carbocycles. The number of carboxylic acid groups (broad SMARTS) is 1. The Morgan fingerprint density at radius 3 is 2.52 bits per heavy atom. The first-order valence-electron chi connectivity index (χ1n) is 9.83. The molecule has 1 amide bonds. The Morgan fingerprint density at radius 2 is 1.90 bits per heavy atom. The van der Waals surface area contributed by atoms with Crippen LogP contribution in [-0.4, -0.2) is 23.5 Å². The molecule has 0 unspecified atom stereocenters. The number of benzene rings is 2. The Labute approximate surface area is 170 Å². The zero-order chi connectivity index (χ0) is 21.1. The van der Waals surface area contributed by atoms with Crippen LogP contribution in [0.25, 0.3) is 6.08 Å². The first-order valence-corrected chi connectivity index (χ1v) is 9.83. The summed E-state index contributed by atoms with van der Waals surface area (Å²) in [5.74, 6) is -1.09. The lowest BCUT2D eigenvalue weighted by atomic mass is 9.84. The van der Waals surface area contributed by atoms with Crippen molar-refractivity contribution < 1.29 is 19.1 Å². The highest BCUT2D eigenvalue weighted by molar-refractivity contribution is 5.97. The fourth-order valence-electron chi connectivity index (χ4n) is 4.29. The van der Waals surface area contributed by atoms with Crippen molar-refractivity contribution >= 4 is 23.6 Å². The van der Waals surface area contributed by atoms with E-state index in [0.29, 0.717) is 18.5 Å². The lowest BCUT2D eigenvalue weighted by molar-refractivity contribution is -0.131. The summed E-state index contributed by atoms with van der Waals surface area (Å²) in [5, 5.41) is 8.84. The third-order valence-electron chi connectivity index (χ3n) is 5.48. The second kappa shape index (κ2) is 8.60. The number of halogens is 1. The van der Waals surface area contributed by atoms with E-state index < -0.39 is 5.97 Å². The van der Waals surface area contributed by atoms with Gasteiger partial charge in [0.1, 0.15) is 5.82 Å². The quantitative estimate of drug-likeness (QED) is 0.742. The highest BCUT2D eigenvalue weighted by Gasteiger charge is 2.34. The van der Waals surface area contributed by atoms with Crippen LogP contribution in [0.15, 0.2) is 42.5 Å². The van der Waals surface area contributed by atoms with Crippen molar-refractivity contribution in [2.24, 2.45) is 11.8 Å². The zero-order valence-corrected chi connectivity index (χ0v) is 17.0. The van der Waals surface area contributed by atoms with E-state index in [1.807, 2.05) is 43.9 Å². The number of aliphatic carboxylic acids is 1. The minimum Gasteiger partial charge on any atom is -0.478 e. The highest BCUT2D eigenvalue weighted by Crippen LogP contribution is 2.34. The largest absolute Gasteiger partial charge is 0.478 e. The van der Waals surface area contributed by atoms with Crippen LogP contribution in [0.2, 0.25) is 0 Å². The number of hydrogen-bond donors (Lipinski definition) is 1. The van der Waals surface area contributed by atoms with Crippen molar-refractivity contribution in [1.82, 2.24) is 0 Å². The van der Waals surface area contributed by atoms with Crippen molar-refractivity contribution in [2.45, 2.75) is 33.6 Å². The number of carbonyl (C=O) groups is 2. The van der Waals surface area contributed by atoms with Crippen molar-refractivity contribution in [3.8, 4) is 0 Å². The number of carboxylic acids is 1. The summed E-state index contributed by atoms with van der Waals surface area (Å²) < 4.78 is 14.1. The molecule has 2 aromatic rings. The molecule has 1 fully saturated rings. The molecule has 5 heteroatoms. The maximum Gasteiger partial charge on any atom is 0.328 e. The van der Waals surface area contributed by atoms with Gasteiger partial charge in [-0.15, -0.1) is 0 Å². The van der Waals surface area contributed by atoms with Crippen LogP contribution >= 0.6 is 0 Å². The highest BCUT2D eigenvalue weighted by atomic mass is 19.1. The topological polar surface area (TPSA) is 57.6 Å². The Balaban J connectivity index is 1.89. The molecule has 4 nitrogen and oxygen atoms in total. The maximum atomic E-state index is 14.1. The molecule has 1 aliphatic heterocycles. The minimum absolute atomic E-state index is 0.0785. The standard InChI is InChI=1S/C24H26FNO3/c1-15-10-18(8-9-22(27)28)11-16(2)23(15)26-14-19(12-17(3)24(26)29)13-20-6-4-5-7-21(20)25/h4-11,17,19H,12-14H2,1-3H3,(H,27,28)/b9-8+/t17-,19-/m1/s1. The van der Waals surface area contributed by atoms with Crippen LogP contribution in [0.1, 0.15) is 35.6 Å². The van der Waals surface area contributed by atoms with Crippen LogP contribution in [0.4, 0.5) is 10.1 Å². The van der Waals surface area contributed by atoms with E-state index in [4.69, 9.17) is 5.11 Å². The smallest absolute Gasteiger partial charge is 0.328 e. The average Bonchev–Trinajstić information content (AvgIpc) is 2.65. The predicted octanol–water partition coefficient (Wildman–Crippen LogP) is 4.77. The van der Waals surface area contributed by atoms with Gasteiger partial charge in [0.05, 0.1) is 0 Å². The van der Waals surface area contributed by atoms with Crippen molar-refractivity contribution in [1.29, 1.82) is 0 Å². The molecule has 3 rings (SSSR count). The zero-order valence-electron chi connectivity index (χ0n) is 17.0. The summed E-state index contributed by atoms with van der Waals surface area (Å²) in [5.41, 5.74) is 4.17. The summed E-state index contributed by atoms with van der Waals surface area (Å²) in [6, 6.07) is 10.6. The molecule has 1 aliphatic rings. The lowest BCUT2D eigenvalue weighted by Gasteiger charge is -2.38. The molecule has 0 aliphatic carbocycles. The molecule has 152 valence electrons. The first-order chi connectivity index (χ1) is 13.8. The van der Waals surface area contributed by atoms with Crippen LogP contribution in [0.5, 0.6) is 0 Å². The van der Waals surface area contributed by atoms with Gasteiger partial charge in [0, 0.05) is 24.2 Å². The molecule has 0 radical (unpaired) electrons. The summed E-state index contributed by atoms with van der Waals surface area (Å²) in [6.45, 7) is 6.33. The Morgan fingerprint density at radius 1 is 1.24 bits per heavy atom. The summed E-state index contributed by atoms with van der Waals surface area (Å²) in [7, 11) is 0. The fraction of sp³-hybridized carbons (Fsp3) is 0.333. The van der Waals surface area contributed by atoms with E-state index in [2.05, 4.69) is 0 Å². The third-order valence-corrected chi connectivity index (χ3v) is 5.48. The van der Waals surface area contributed by atoms with Gasteiger partial charge in [0.25, 0.3) is 0 Å². The molecule has 0 aromatic heterocycles. The van der Waals surface area contributed by atoms with Crippen LogP contribution in [0.3, 0.4) is 0 Å². The van der Waals surface area contributed by atoms with E-state index in [1.165, 1.54) is 6.07 Å². The van der Waals surface area contributed by atoms with E-state index >= 15 is 0 Å². The minimum atomic E-state index is -1.000. The fourth-order valence-corrected chi connectivity index (χ4v) is 4.29. The molecular formula is C24H26FNO3. The van der Waals surface area contributed by atoms with E-state index in [-0.39, 0.29) is 23.6 Å². The van der Waals surface area contributed by atoms with E-state index in [0.717, 1.165) is 34.9 Å². The monoisotopic (exact) mass is 395 g/mol. The molecule has 1 heterocycles. The van der Waals surface area contributed by atoms with Gasteiger partial charge < -0.3 is 10.0 Å².